The first-order valence-electron chi connectivity index (χ1n) is 6.77. The van der Waals surface area contributed by atoms with Gasteiger partial charge in [-0.25, -0.2) is 0 Å². The minimum atomic E-state index is 0.259. The molecule has 0 aromatic heterocycles. The molecule has 1 aliphatic rings. The lowest BCUT2D eigenvalue weighted by Crippen LogP contribution is -2.35. The third-order valence-corrected chi connectivity index (χ3v) is 4.09. The maximum absolute atomic E-state index is 5.70. The minimum Gasteiger partial charge on any atom is -0.493 e. The van der Waals surface area contributed by atoms with E-state index in [2.05, 4.69) is 37.1 Å². The normalized spacial score (nSPS) is 19.6. The van der Waals surface area contributed by atoms with Crippen molar-refractivity contribution in [1.82, 2.24) is 4.90 Å². The molecule has 19 heavy (non-hydrogen) atoms. The molecule has 1 aliphatic heterocycles. The van der Waals surface area contributed by atoms with Gasteiger partial charge in [-0.3, -0.25) is 0 Å². The summed E-state index contributed by atoms with van der Waals surface area (Å²) >= 11 is 5.04. The van der Waals surface area contributed by atoms with Gasteiger partial charge in [0.15, 0.2) is 0 Å². The van der Waals surface area contributed by atoms with Gasteiger partial charge in [-0.05, 0) is 25.1 Å². The van der Waals surface area contributed by atoms with Crippen LogP contribution in [0.5, 0.6) is 5.75 Å². The van der Waals surface area contributed by atoms with Crippen LogP contribution < -0.4 is 10.5 Å². The van der Waals surface area contributed by atoms with Crippen molar-refractivity contribution in [3.05, 3.63) is 29.8 Å². The SMILES string of the molecule is CC(CN(C)CC1CCOc2ccccc21)C(N)=S. The molecule has 104 valence electrons. The average molecular weight is 278 g/mol. The number of benzene rings is 1. The first-order chi connectivity index (χ1) is 9.08. The zero-order valence-corrected chi connectivity index (χ0v) is 12.5. The monoisotopic (exact) mass is 278 g/mol. The number of thiocarbonyl (C=S) groups is 1. The Bertz CT molecular complexity index is 450. The fourth-order valence-corrected chi connectivity index (χ4v) is 2.69. The van der Waals surface area contributed by atoms with E-state index in [1.165, 1.54) is 5.56 Å². The smallest absolute Gasteiger partial charge is 0.122 e. The van der Waals surface area contributed by atoms with Crippen molar-refractivity contribution < 1.29 is 4.74 Å². The van der Waals surface area contributed by atoms with Gasteiger partial charge in [0.2, 0.25) is 0 Å². The van der Waals surface area contributed by atoms with Gasteiger partial charge in [0.25, 0.3) is 0 Å². The molecule has 2 rings (SSSR count). The van der Waals surface area contributed by atoms with Crippen LogP contribution in [0.3, 0.4) is 0 Å². The summed E-state index contributed by atoms with van der Waals surface area (Å²) in [5, 5.41) is 0. The quantitative estimate of drug-likeness (QED) is 0.840. The fraction of sp³-hybridized carbons (Fsp3) is 0.533. The van der Waals surface area contributed by atoms with Crippen LogP contribution in [0.2, 0.25) is 0 Å². The number of para-hydroxylation sites is 1. The second kappa shape index (κ2) is 6.35. The van der Waals surface area contributed by atoms with E-state index in [1.807, 2.05) is 6.07 Å². The van der Waals surface area contributed by atoms with E-state index in [9.17, 15) is 0 Å². The highest BCUT2D eigenvalue weighted by molar-refractivity contribution is 7.80. The maximum Gasteiger partial charge on any atom is 0.122 e. The topological polar surface area (TPSA) is 38.5 Å². The highest BCUT2D eigenvalue weighted by Gasteiger charge is 2.22. The van der Waals surface area contributed by atoms with E-state index >= 15 is 0 Å². The standard InChI is InChI=1S/C15H22N2OS/c1-11(15(16)19)9-17(2)10-12-7-8-18-14-6-4-3-5-13(12)14/h3-6,11-12H,7-10H2,1-2H3,(H2,16,19). The lowest BCUT2D eigenvalue weighted by molar-refractivity contribution is 0.227. The van der Waals surface area contributed by atoms with Crippen molar-refractivity contribution in [2.75, 3.05) is 26.7 Å². The fourth-order valence-electron chi connectivity index (χ4n) is 2.61. The Hall–Kier alpha value is -1.13. The molecular formula is C15H22N2OS. The first-order valence-corrected chi connectivity index (χ1v) is 7.18. The molecule has 2 N–H and O–H groups in total. The number of fused-ring (bicyclic) bond motifs is 1. The lowest BCUT2D eigenvalue weighted by Gasteiger charge is -2.30. The molecular weight excluding hydrogens is 256 g/mol. The summed E-state index contributed by atoms with van der Waals surface area (Å²) in [6.07, 6.45) is 1.07. The van der Waals surface area contributed by atoms with E-state index in [0.717, 1.165) is 31.9 Å². The van der Waals surface area contributed by atoms with Crippen LogP contribution in [0.15, 0.2) is 24.3 Å². The van der Waals surface area contributed by atoms with Gasteiger partial charge in [0, 0.05) is 24.9 Å². The Balaban J connectivity index is 1.98. The van der Waals surface area contributed by atoms with Crippen molar-refractivity contribution >= 4 is 17.2 Å². The molecule has 0 amide bonds. The maximum atomic E-state index is 5.70. The molecule has 0 aliphatic carbocycles. The zero-order valence-electron chi connectivity index (χ0n) is 11.6. The van der Waals surface area contributed by atoms with Crippen molar-refractivity contribution in [2.24, 2.45) is 11.7 Å². The third-order valence-electron chi connectivity index (χ3n) is 3.69. The summed E-state index contributed by atoms with van der Waals surface area (Å²) in [6.45, 7) is 4.82. The highest BCUT2D eigenvalue weighted by Crippen LogP contribution is 2.33. The molecule has 0 saturated carbocycles. The molecule has 4 heteroatoms. The van der Waals surface area contributed by atoms with Crippen molar-refractivity contribution in [3.8, 4) is 5.75 Å². The highest BCUT2D eigenvalue weighted by atomic mass is 32.1. The van der Waals surface area contributed by atoms with Gasteiger partial charge in [-0.2, -0.15) is 0 Å². The van der Waals surface area contributed by atoms with E-state index in [4.69, 9.17) is 22.7 Å². The Kier molecular flexibility index (Phi) is 4.77. The van der Waals surface area contributed by atoms with Gasteiger partial charge in [-0.15, -0.1) is 0 Å². The number of ether oxygens (including phenoxy) is 1. The third kappa shape index (κ3) is 3.67. The summed E-state index contributed by atoms with van der Waals surface area (Å²) in [5.74, 6) is 1.83. The summed E-state index contributed by atoms with van der Waals surface area (Å²) in [6, 6.07) is 8.33. The molecule has 1 aromatic carbocycles. The zero-order chi connectivity index (χ0) is 13.8. The second-order valence-electron chi connectivity index (χ2n) is 5.40. The van der Waals surface area contributed by atoms with Crippen molar-refractivity contribution in [2.45, 2.75) is 19.3 Å². The Morgan fingerprint density at radius 3 is 3.00 bits per heavy atom. The number of nitrogens with two attached hydrogens (primary N) is 1. The summed E-state index contributed by atoms with van der Waals surface area (Å²) in [4.78, 5) is 2.91. The summed E-state index contributed by atoms with van der Waals surface area (Å²) in [5.41, 5.74) is 7.00. The molecule has 0 radical (unpaired) electrons. The predicted octanol–water partition coefficient (Wildman–Crippen LogP) is 2.41. The van der Waals surface area contributed by atoms with Gasteiger partial charge >= 0.3 is 0 Å². The van der Waals surface area contributed by atoms with Crippen LogP contribution in [-0.2, 0) is 0 Å². The summed E-state index contributed by atoms with van der Waals surface area (Å²) in [7, 11) is 2.13. The van der Waals surface area contributed by atoms with Crippen LogP contribution in [0.1, 0.15) is 24.8 Å². The first kappa shape index (κ1) is 14.3. The molecule has 0 fully saturated rings. The molecule has 0 bridgehead atoms. The van der Waals surface area contributed by atoms with E-state index in [-0.39, 0.29) is 5.92 Å². The van der Waals surface area contributed by atoms with E-state index in [0.29, 0.717) is 10.9 Å². The molecule has 1 aromatic rings. The lowest BCUT2D eigenvalue weighted by atomic mass is 9.92. The van der Waals surface area contributed by atoms with Crippen LogP contribution in [0.25, 0.3) is 0 Å². The molecule has 0 spiro atoms. The largest absolute Gasteiger partial charge is 0.493 e. The van der Waals surface area contributed by atoms with E-state index < -0.39 is 0 Å². The molecule has 0 saturated heterocycles. The average Bonchev–Trinajstić information content (AvgIpc) is 2.39. The van der Waals surface area contributed by atoms with Crippen LogP contribution in [-0.4, -0.2) is 36.6 Å². The number of likely N-dealkylation sites (N-methyl/N-ethyl adjacent to an activating group) is 1. The molecule has 2 unspecified atom stereocenters. The second-order valence-corrected chi connectivity index (χ2v) is 5.87. The van der Waals surface area contributed by atoms with Crippen molar-refractivity contribution in [1.29, 1.82) is 0 Å². The van der Waals surface area contributed by atoms with Crippen LogP contribution in [0.4, 0.5) is 0 Å². The number of nitrogens with zero attached hydrogens (tertiary/aromatic N) is 1. The molecule has 1 heterocycles. The van der Waals surface area contributed by atoms with Gasteiger partial charge in [0.1, 0.15) is 5.75 Å². The Morgan fingerprint density at radius 2 is 2.26 bits per heavy atom. The van der Waals surface area contributed by atoms with Crippen LogP contribution in [0, 0.1) is 5.92 Å². The predicted molar refractivity (Wildman–Crippen MR) is 82.7 cm³/mol. The Labute approximate surface area is 120 Å². The number of hydrogen-bond donors (Lipinski definition) is 1. The number of hydrogen-bond acceptors (Lipinski definition) is 3. The van der Waals surface area contributed by atoms with Gasteiger partial charge in [-0.1, -0.05) is 37.3 Å². The van der Waals surface area contributed by atoms with E-state index in [1.54, 1.807) is 0 Å². The van der Waals surface area contributed by atoms with Gasteiger partial charge in [0.05, 0.1) is 11.6 Å². The molecule has 3 nitrogen and oxygen atoms in total. The molecule has 2 atom stereocenters. The Morgan fingerprint density at radius 1 is 1.53 bits per heavy atom. The minimum absolute atomic E-state index is 0.259. The van der Waals surface area contributed by atoms with Crippen LogP contribution >= 0.6 is 12.2 Å². The van der Waals surface area contributed by atoms with Crippen molar-refractivity contribution in [3.63, 3.8) is 0 Å². The number of rotatable bonds is 5. The summed E-state index contributed by atoms with van der Waals surface area (Å²) < 4.78 is 5.70. The van der Waals surface area contributed by atoms with Gasteiger partial charge < -0.3 is 15.4 Å².